The number of thiazole rings is 1. The zero-order valence-electron chi connectivity index (χ0n) is 14.4. The SMILES string of the molecule is Cc1ncc(C(=O)N2CCCN(c3nc4ccccc4s3)CC2)c(=O)[nH]1. The Labute approximate surface area is 154 Å². The maximum atomic E-state index is 12.7. The van der Waals surface area contributed by atoms with Crippen LogP contribution >= 0.6 is 11.3 Å². The standard InChI is InChI=1S/C18H19N5O2S/c1-12-19-11-13(16(24)20-12)17(25)22-7-4-8-23(10-9-22)18-21-14-5-2-3-6-15(14)26-18/h2-3,5-6,11H,4,7-10H2,1H3,(H,19,20,24). The third kappa shape index (κ3) is 3.20. The Morgan fingerprint density at radius 1 is 1.19 bits per heavy atom. The molecule has 8 heteroatoms. The van der Waals surface area contributed by atoms with Crippen LogP contribution in [0, 0.1) is 6.92 Å². The van der Waals surface area contributed by atoms with Crippen molar-refractivity contribution in [1.82, 2.24) is 19.9 Å². The fourth-order valence-corrected chi connectivity index (χ4v) is 4.13. The van der Waals surface area contributed by atoms with Gasteiger partial charge in [-0.05, 0) is 25.5 Å². The molecule has 0 aliphatic carbocycles. The van der Waals surface area contributed by atoms with E-state index in [2.05, 4.69) is 20.9 Å². The van der Waals surface area contributed by atoms with Gasteiger partial charge in [-0.25, -0.2) is 9.97 Å². The molecule has 1 saturated heterocycles. The van der Waals surface area contributed by atoms with Gasteiger partial charge in [0.05, 0.1) is 10.2 Å². The molecule has 0 unspecified atom stereocenters. The van der Waals surface area contributed by atoms with E-state index in [1.54, 1.807) is 23.2 Å². The lowest BCUT2D eigenvalue weighted by atomic mass is 10.2. The molecular weight excluding hydrogens is 350 g/mol. The molecule has 1 fully saturated rings. The van der Waals surface area contributed by atoms with E-state index in [0.717, 1.165) is 28.3 Å². The molecule has 0 saturated carbocycles. The molecule has 1 aliphatic heterocycles. The van der Waals surface area contributed by atoms with Crippen molar-refractivity contribution in [2.45, 2.75) is 13.3 Å². The molecule has 26 heavy (non-hydrogen) atoms. The van der Waals surface area contributed by atoms with Crippen molar-refractivity contribution in [1.29, 1.82) is 0 Å². The minimum Gasteiger partial charge on any atom is -0.346 e. The monoisotopic (exact) mass is 369 g/mol. The molecule has 134 valence electrons. The molecule has 3 aromatic rings. The van der Waals surface area contributed by atoms with Crippen LogP contribution in [0.1, 0.15) is 22.6 Å². The molecule has 1 aromatic carbocycles. The number of fused-ring (bicyclic) bond motifs is 1. The highest BCUT2D eigenvalue weighted by atomic mass is 32.1. The Balaban J connectivity index is 1.51. The van der Waals surface area contributed by atoms with Crippen molar-refractivity contribution < 1.29 is 4.79 Å². The molecule has 1 amide bonds. The van der Waals surface area contributed by atoms with E-state index in [9.17, 15) is 9.59 Å². The van der Waals surface area contributed by atoms with Crippen LogP contribution in [0.2, 0.25) is 0 Å². The second-order valence-electron chi connectivity index (χ2n) is 6.31. The predicted molar refractivity (Wildman–Crippen MR) is 102 cm³/mol. The van der Waals surface area contributed by atoms with E-state index >= 15 is 0 Å². The van der Waals surface area contributed by atoms with Crippen molar-refractivity contribution in [3.63, 3.8) is 0 Å². The number of nitrogens with one attached hydrogen (secondary N) is 1. The number of carbonyl (C=O) groups excluding carboxylic acids is 1. The third-order valence-electron chi connectivity index (χ3n) is 4.49. The first-order valence-electron chi connectivity index (χ1n) is 8.57. The van der Waals surface area contributed by atoms with Gasteiger partial charge in [0.1, 0.15) is 11.4 Å². The average Bonchev–Trinajstić information content (AvgIpc) is 2.90. The summed E-state index contributed by atoms with van der Waals surface area (Å²) in [5, 5.41) is 0.982. The first-order valence-corrected chi connectivity index (χ1v) is 9.39. The summed E-state index contributed by atoms with van der Waals surface area (Å²) in [6, 6.07) is 8.09. The fourth-order valence-electron chi connectivity index (χ4n) is 3.11. The van der Waals surface area contributed by atoms with E-state index in [4.69, 9.17) is 4.98 Å². The largest absolute Gasteiger partial charge is 0.346 e. The van der Waals surface area contributed by atoms with Crippen molar-refractivity contribution in [3.8, 4) is 0 Å². The molecule has 1 aliphatic rings. The number of nitrogens with zero attached hydrogens (tertiary/aromatic N) is 4. The summed E-state index contributed by atoms with van der Waals surface area (Å²) in [6.45, 7) is 4.40. The zero-order chi connectivity index (χ0) is 18.1. The van der Waals surface area contributed by atoms with Crippen molar-refractivity contribution in [3.05, 3.63) is 52.2 Å². The van der Waals surface area contributed by atoms with E-state index < -0.39 is 0 Å². The second kappa shape index (κ2) is 6.87. The van der Waals surface area contributed by atoms with Crippen LogP contribution in [0.4, 0.5) is 5.13 Å². The highest BCUT2D eigenvalue weighted by Gasteiger charge is 2.23. The Hall–Kier alpha value is -2.74. The zero-order valence-corrected chi connectivity index (χ0v) is 15.3. The molecule has 2 aromatic heterocycles. The number of hydrogen-bond acceptors (Lipinski definition) is 6. The summed E-state index contributed by atoms with van der Waals surface area (Å²) < 4.78 is 1.16. The number of carbonyl (C=O) groups is 1. The smallest absolute Gasteiger partial charge is 0.263 e. The topological polar surface area (TPSA) is 82.2 Å². The van der Waals surface area contributed by atoms with Crippen LogP contribution in [0.5, 0.6) is 0 Å². The quantitative estimate of drug-likeness (QED) is 0.747. The van der Waals surface area contributed by atoms with Gasteiger partial charge in [-0.15, -0.1) is 0 Å². The number of amides is 1. The fraction of sp³-hybridized carbons (Fsp3) is 0.333. The molecule has 7 nitrogen and oxygen atoms in total. The van der Waals surface area contributed by atoms with Gasteiger partial charge in [0.2, 0.25) is 0 Å². The average molecular weight is 369 g/mol. The summed E-state index contributed by atoms with van der Waals surface area (Å²) in [4.78, 5) is 40.0. The second-order valence-corrected chi connectivity index (χ2v) is 7.32. The number of aromatic nitrogens is 3. The summed E-state index contributed by atoms with van der Waals surface area (Å²) >= 11 is 1.67. The van der Waals surface area contributed by atoms with E-state index in [0.29, 0.717) is 25.5 Å². The molecule has 0 atom stereocenters. The minimum absolute atomic E-state index is 0.101. The van der Waals surface area contributed by atoms with Crippen molar-refractivity contribution in [2.75, 3.05) is 31.1 Å². The third-order valence-corrected chi connectivity index (χ3v) is 5.59. The number of aryl methyl sites for hydroxylation is 1. The summed E-state index contributed by atoms with van der Waals surface area (Å²) in [5.74, 6) is 0.245. The molecule has 3 heterocycles. The van der Waals surface area contributed by atoms with E-state index in [-0.39, 0.29) is 17.0 Å². The van der Waals surface area contributed by atoms with Gasteiger partial charge in [-0.2, -0.15) is 0 Å². The van der Waals surface area contributed by atoms with Crippen LogP contribution < -0.4 is 10.5 Å². The highest BCUT2D eigenvalue weighted by Crippen LogP contribution is 2.29. The number of para-hydroxylation sites is 1. The summed E-state index contributed by atoms with van der Waals surface area (Å²) in [5.41, 5.74) is 0.723. The normalized spacial score (nSPS) is 15.3. The lowest BCUT2D eigenvalue weighted by Crippen LogP contribution is -2.38. The van der Waals surface area contributed by atoms with Crippen LogP contribution in [0.25, 0.3) is 10.2 Å². The molecule has 1 N–H and O–H groups in total. The minimum atomic E-state index is -0.380. The number of benzene rings is 1. The Kier molecular flexibility index (Phi) is 4.42. The lowest BCUT2D eigenvalue weighted by Gasteiger charge is -2.21. The number of rotatable bonds is 2. The van der Waals surface area contributed by atoms with Gasteiger partial charge in [0.15, 0.2) is 5.13 Å². The van der Waals surface area contributed by atoms with Gasteiger partial charge in [-0.3, -0.25) is 9.59 Å². The van der Waals surface area contributed by atoms with Crippen LogP contribution in [-0.2, 0) is 0 Å². The van der Waals surface area contributed by atoms with Gasteiger partial charge in [0.25, 0.3) is 11.5 Å². The van der Waals surface area contributed by atoms with Crippen molar-refractivity contribution in [2.24, 2.45) is 0 Å². The van der Waals surface area contributed by atoms with Crippen molar-refractivity contribution >= 4 is 32.6 Å². The van der Waals surface area contributed by atoms with Crippen LogP contribution in [0.3, 0.4) is 0 Å². The van der Waals surface area contributed by atoms with Gasteiger partial charge in [0, 0.05) is 32.4 Å². The van der Waals surface area contributed by atoms with Gasteiger partial charge < -0.3 is 14.8 Å². The first kappa shape index (κ1) is 16.7. The maximum Gasteiger partial charge on any atom is 0.263 e. The van der Waals surface area contributed by atoms with E-state index in [1.165, 1.54) is 6.20 Å². The molecular formula is C18H19N5O2S. The maximum absolute atomic E-state index is 12.7. The number of hydrogen-bond donors (Lipinski definition) is 1. The summed E-state index contributed by atoms with van der Waals surface area (Å²) in [6.07, 6.45) is 2.20. The Morgan fingerprint density at radius 3 is 2.85 bits per heavy atom. The van der Waals surface area contributed by atoms with Gasteiger partial charge in [-0.1, -0.05) is 23.5 Å². The Morgan fingerprint density at radius 2 is 2.04 bits per heavy atom. The molecule has 4 rings (SSSR count). The molecule has 0 radical (unpaired) electrons. The molecule has 0 bridgehead atoms. The van der Waals surface area contributed by atoms with E-state index in [1.807, 2.05) is 18.2 Å². The number of H-pyrrole nitrogens is 1. The number of aromatic amines is 1. The van der Waals surface area contributed by atoms with Gasteiger partial charge >= 0.3 is 0 Å². The summed E-state index contributed by atoms with van der Waals surface area (Å²) in [7, 11) is 0. The number of anilines is 1. The van der Waals surface area contributed by atoms with Crippen LogP contribution in [0.15, 0.2) is 35.3 Å². The highest BCUT2D eigenvalue weighted by molar-refractivity contribution is 7.22. The Bertz CT molecular complexity index is 979. The van der Waals surface area contributed by atoms with Crippen LogP contribution in [-0.4, -0.2) is 51.9 Å². The first-order chi connectivity index (χ1) is 12.6. The molecule has 0 spiro atoms. The lowest BCUT2D eigenvalue weighted by molar-refractivity contribution is 0.0764. The predicted octanol–water partition coefficient (Wildman–Crippen LogP) is 2.04.